The topological polar surface area (TPSA) is 49.0 Å². The summed E-state index contributed by atoms with van der Waals surface area (Å²) in [5, 5.41) is 3.37. The van der Waals surface area contributed by atoms with Crippen LogP contribution in [0.15, 0.2) is 12.1 Å². The van der Waals surface area contributed by atoms with Gasteiger partial charge in [0.05, 0.1) is 12.7 Å². The molecule has 0 fully saturated rings. The molecular weight excluding hydrogens is 258 g/mol. The predicted molar refractivity (Wildman–Crippen MR) is 76.8 cm³/mol. The molecule has 112 valence electrons. The van der Waals surface area contributed by atoms with Gasteiger partial charge in [0.2, 0.25) is 5.75 Å². The highest BCUT2D eigenvalue weighted by molar-refractivity contribution is 5.54. The molecule has 0 saturated carbocycles. The van der Waals surface area contributed by atoms with Crippen LogP contribution in [0.1, 0.15) is 19.4 Å². The molecule has 1 aliphatic rings. The van der Waals surface area contributed by atoms with Gasteiger partial charge in [-0.05, 0) is 31.5 Å². The highest BCUT2D eigenvalue weighted by atomic mass is 16.6. The molecule has 0 radical (unpaired) electrons. The molecule has 5 heteroatoms. The zero-order valence-electron chi connectivity index (χ0n) is 12.6. The number of hydrogen-bond donors (Lipinski definition) is 1. The summed E-state index contributed by atoms with van der Waals surface area (Å²) in [7, 11) is 3.35. The number of nitrogens with one attached hydrogen (secondary N) is 1. The lowest BCUT2D eigenvalue weighted by molar-refractivity contribution is 0.0230. The Morgan fingerprint density at radius 1 is 1.20 bits per heavy atom. The second kappa shape index (κ2) is 6.33. The van der Waals surface area contributed by atoms with Gasteiger partial charge in [0.15, 0.2) is 11.5 Å². The standard InChI is InChI=1S/C15H23NO4/c1-15(2,18-4)10-16-9-11-7-12(17-3)14-13(8-11)19-5-6-20-14/h7-8,16H,5-6,9-10H2,1-4H3. The summed E-state index contributed by atoms with van der Waals surface area (Å²) in [6, 6.07) is 3.96. The van der Waals surface area contributed by atoms with Crippen molar-refractivity contribution in [2.75, 3.05) is 34.0 Å². The number of ether oxygens (including phenoxy) is 4. The SMILES string of the molecule is COc1cc(CNCC(C)(C)OC)cc2c1OCCO2. The van der Waals surface area contributed by atoms with Crippen molar-refractivity contribution < 1.29 is 18.9 Å². The smallest absolute Gasteiger partial charge is 0.203 e. The minimum Gasteiger partial charge on any atom is -0.493 e. The molecule has 0 amide bonds. The van der Waals surface area contributed by atoms with Crippen LogP contribution in [0.4, 0.5) is 0 Å². The van der Waals surface area contributed by atoms with Crippen molar-refractivity contribution in [1.29, 1.82) is 0 Å². The monoisotopic (exact) mass is 281 g/mol. The fourth-order valence-corrected chi connectivity index (χ4v) is 2.01. The number of rotatable bonds is 6. The largest absolute Gasteiger partial charge is 0.493 e. The Kier molecular flexibility index (Phi) is 4.73. The molecule has 0 saturated heterocycles. The van der Waals surface area contributed by atoms with Crippen LogP contribution in [-0.2, 0) is 11.3 Å². The summed E-state index contributed by atoms with van der Waals surface area (Å²) in [4.78, 5) is 0. The van der Waals surface area contributed by atoms with Crippen LogP contribution in [-0.4, -0.2) is 39.6 Å². The van der Waals surface area contributed by atoms with Crippen molar-refractivity contribution in [2.24, 2.45) is 0 Å². The Hall–Kier alpha value is -1.46. The summed E-state index contributed by atoms with van der Waals surface area (Å²) in [6.45, 7) is 6.71. The van der Waals surface area contributed by atoms with E-state index in [9.17, 15) is 0 Å². The maximum Gasteiger partial charge on any atom is 0.203 e. The molecule has 1 aromatic rings. The highest BCUT2D eigenvalue weighted by Gasteiger charge is 2.19. The quantitative estimate of drug-likeness (QED) is 0.864. The van der Waals surface area contributed by atoms with Crippen LogP contribution in [0, 0.1) is 0 Å². The van der Waals surface area contributed by atoms with Crippen molar-refractivity contribution in [3.05, 3.63) is 17.7 Å². The molecular formula is C15H23NO4. The van der Waals surface area contributed by atoms with Gasteiger partial charge in [0, 0.05) is 20.2 Å². The average molecular weight is 281 g/mol. The summed E-state index contributed by atoms with van der Waals surface area (Å²) in [5.74, 6) is 2.16. The summed E-state index contributed by atoms with van der Waals surface area (Å²) in [6.07, 6.45) is 0. The minimum atomic E-state index is -0.183. The molecule has 20 heavy (non-hydrogen) atoms. The Labute approximate surface area is 120 Å². The van der Waals surface area contributed by atoms with Gasteiger partial charge in [-0.1, -0.05) is 0 Å². The average Bonchev–Trinajstić information content (AvgIpc) is 2.46. The third-order valence-corrected chi connectivity index (χ3v) is 3.32. The highest BCUT2D eigenvalue weighted by Crippen LogP contribution is 2.40. The molecule has 1 N–H and O–H groups in total. The van der Waals surface area contributed by atoms with Gasteiger partial charge in [0.25, 0.3) is 0 Å². The maximum absolute atomic E-state index is 5.62. The molecule has 0 atom stereocenters. The molecule has 1 aromatic carbocycles. The summed E-state index contributed by atoms with van der Waals surface area (Å²) in [5.41, 5.74) is 0.913. The first kappa shape index (κ1) is 14.9. The van der Waals surface area contributed by atoms with Crippen LogP contribution in [0.25, 0.3) is 0 Å². The van der Waals surface area contributed by atoms with Gasteiger partial charge in [0.1, 0.15) is 13.2 Å². The number of hydrogen-bond acceptors (Lipinski definition) is 5. The van der Waals surface area contributed by atoms with Crippen LogP contribution in [0.5, 0.6) is 17.2 Å². The van der Waals surface area contributed by atoms with Crippen LogP contribution >= 0.6 is 0 Å². The van der Waals surface area contributed by atoms with E-state index in [0.717, 1.165) is 24.4 Å². The summed E-state index contributed by atoms with van der Waals surface area (Å²) >= 11 is 0. The van der Waals surface area contributed by atoms with E-state index in [1.807, 2.05) is 26.0 Å². The van der Waals surface area contributed by atoms with Gasteiger partial charge in [-0.3, -0.25) is 0 Å². The van der Waals surface area contributed by atoms with Crippen molar-refractivity contribution in [3.8, 4) is 17.2 Å². The summed E-state index contributed by atoms with van der Waals surface area (Å²) < 4.78 is 21.9. The van der Waals surface area contributed by atoms with E-state index >= 15 is 0 Å². The van der Waals surface area contributed by atoms with Crippen molar-refractivity contribution in [2.45, 2.75) is 26.0 Å². The van der Waals surface area contributed by atoms with Crippen LogP contribution in [0.3, 0.4) is 0 Å². The lowest BCUT2D eigenvalue weighted by atomic mass is 10.1. The second-order valence-corrected chi connectivity index (χ2v) is 5.39. The third-order valence-electron chi connectivity index (χ3n) is 3.32. The van der Waals surface area contributed by atoms with Crippen LogP contribution < -0.4 is 19.5 Å². The molecule has 5 nitrogen and oxygen atoms in total. The van der Waals surface area contributed by atoms with Crippen molar-refractivity contribution >= 4 is 0 Å². The van der Waals surface area contributed by atoms with E-state index in [1.54, 1.807) is 14.2 Å². The van der Waals surface area contributed by atoms with Gasteiger partial charge >= 0.3 is 0 Å². The van der Waals surface area contributed by atoms with E-state index in [-0.39, 0.29) is 5.60 Å². The molecule has 1 heterocycles. The molecule has 0 aliphatic carbocycles. The number of methoxy groups -OCH3 is 2. The van der Waals surface area contributed by atoms with Crippen molar-refractivity contribution in [3.63, 3.8) is 0 Å². The van der Waals surface area contributed by atoms with Gasteiger partial charge < -0.3 is 24.3 Å². The molecule has 2 rings (SSSR count). The first-order chi connectivity index (χ1) is 9.55. The molecule has 0 aromatic heterocycles. The zero-order chi connectivity index (χ0) is 14.6. The van der Waals surface area contributed by atoms with Gasteiger partial charge in [-0.15, -0.1) is 0 Å². The second-order valence-electron chi connectivity index (χ2n) is 5.39. The first-order valence-corrected chi connectivity index (χ1v) is 6.78. The molecule has 0 spiro atoms. The van der Waals surface area contributed by atoms with E-state index in [0.29, 0.717) is 24.7 Å². The number of benzene rings is 1. The van der Waals surface area contributed by atoms with Gasteiger partial charge in [-0.25, -0.2) is 0 Å². The molecule has 1 aliphatic heterocycles. The predicted octanol–water partition coefficient (Wildman–Crippen LogP) is 1.98. The van der Waals surface area contributed by atoms with Crippen LogP contribution in [0.2, 0.25) is 0 Å². The van der Waals surface area contributed by atoms with E-state index in [1.165, 1.54) is 0 Å². The Morgan fingerprint density at radius 2 is 1.95 bits per heavy atom. The number of fused-ring (bicyclic) bond motifs is 1. The van der Waals surface area contributed by atoms with Gasteiger partial charge in [-0.2, -0.15) is 0 Å². The maximum atomic E-state index is 5.62. The third kappa shape index (κ3) is 3.55. The first-order valence-electron chi connectivity index (χ1n) is 6.78. The Bertz CT molecular complexity index is 442. The van der Waals surface area contributed by atoms with E-state index in [2.05, 4.69) is 5.32 Å². The lowest BCUT2D eigenvalue weighted by Gasteiger charge is -2.24. The fourth-order valence-electron chi connectivity index (χ4n) is 2.01. The zero-order valence-corrected chi connectivity index (χ0v) is 12.6. The van der Waals surface area contributed by atoms with E-state index < -0.39 is 0 Å². The fraction of sp³-hybridized carbons (Fsp3) is 0.600. The van der Waals surface area contributed by atoms with E-state index in [4.69, 9.17) is 18.9 Å². The normalized spacial score (nSPS) is 14.2. The Morgan fingerprint density at radius 3 is 2.65 bits per heavy atom. The minimum absolute atomic E-state index is 0.183. The molecule has 0 unspecified atom stereocenters. The lowest BCUT2D eigenvalue weighted by Crippen LogP contribution is -2.36. The van der Waals surface area contributed by atoms with Crippen molar-refractivity contribution in [1.82, 2.24) is 5.32 Å². The molecule has 0 bridgehead atoms. The Balaban J connectivity index is 2.05.